The van der Waals surface area contributed by atoms with Gasteiger partial charge in [-0.05, 0) is 57.4 Å². The highest BCUT2D eigenvalue weighted by Gasteiger charge is 2.27. The molecule has 0 spiro atoms. The number of rotatable bonds is 14. The molecule has 1 atom stereocenters. The smallest absolute Gasteiger partial charge is 0.207 e. The lowest BCUT2D eigenvalue weighted by molar-refractivity contribution is 0.314. The topological polar surface area (TPSA) is 74.8 Å². The maximum absolute atomic E-state index is 13.1. The second kappa shape index (κ2) is 12.8. The fourth-order valence-electron chi connectivity index (χ4n) is 3.92. The molecular weight excluding hydrogens is 468 g/mol. The average Bonchev–Trinajstić information content (AvgIpc) is 2.80. The quantitative estimate of drug-likeness (QED) is 0.322. The van der Waals surface area contributed by atoms with E-state index in [1.54, 1.807) is 50.5 Å². The van der Waals surface area contributed by atoms with Crippen molar-refractivity contribution < 1.29 is 16.8 Å². The van der Waals surface area contributed by atoms with E-state index in [4.69, 9.17) is 0 Å². The summed E-state index contributed by atoms with van der Waals surface area (Å²) in [6.07, 6.45) is 5.98. The Morgan fingerprint density at radius 1 is 0.676 bits per heavy atom. The van der Waals surface area contributed by atoms with Crippen molar-refractivity contribution >= 4 is 20.0 Å². The average molecular weight is 509 g/mol. The Morgan fingerprint density at radius 3 is 1.65 bits per heavy atom. The minimum atomic E-state index is -3.55. The van der Waals surface area contributed by atoms with E-state index < -0.39 is 20.0 Å². The van der Waals surface area contributed by atoms with Crippen LogP contribution in [0.3, 0.4) is 0 Å². The van der Waals surface area contributed by atoms with E-state index in [1.165, 1.54) is 8.61 Å². The van der Waals surface area contributed by atoms with Crippen molar-refractivity contribution in [1.29, 1.82) is 0 Å². The molecule has 0 aliphatic rings. The van der Waals surface area contributed by atoms with Gasteiger partial charge in [0.05, 0.1) is 9.79 Å². The Hall–Kier alpha value is -1.74. The molecule has 0 radical (unpaired) electrons. The first-order valence-electron chi connectivity index (χ1n) is 12.1. The van der Waals surface area contributed by atoms with Crippen LogP contribution in [0, 0.1) is 13.8 Å². The van der Waals surface area contributed by atoms with Crippen LogP contribution in [0.2, 0.25) is 0 Å². The minimum Gasteiger partial charge on any atom is -0.207 e. The van der Waals surface area contributed by atoms with Crippen LogP contribution in [-0.4, -0.2) is 52.1 Å². The summed E-state index contributed by atoms with van der Waals surface area (Å²) in [5.74, 6) is 0. The monoisotopic (exact) mass is 508 g/mol. The first-order valence-corrected chi connectivity index (χ1v) is 15.0. The molecule has 2 rings (SSSR count). The second-order valence-electron chi connectivity index (χ2n) is 9.12. The summed E-state index contributed by atoms with van der Waals surface area (Å²) < 4.78 is 54.7. The van der Waals surface area contributed by atoms with Crippen molar-refractivity contribution in [2.75, 3.05) is 20.6 Å². The van der Waals surface area contributed by atoms with Gasteiger partial charge in [0.1, 0.15) is 0 Å². The number of nitrogens with zero attached hydrogens (tertiary/aromatic N) is 2. The molecule has 0 saturated carbocycles. The predicted molar refractivity (Wildman–Crippen MR) is 139 cm³/mol. The van der Waals surface area contributed by atoms with Crippen LogP contribution < -0.4 is 0 Å². The third-order valence-electron chi connectivity index (χ3n) is 6.34. The minimum absolute atomic E-state index is 0.0692. The van der Waals surface area contributed by atoms with Crippen LogP contribution >= 0.6 is 0 Å². The lowest BCUT2D eigenvalue weighted by atomic mass is 10.0. The summed E-state index contributed by atoms with van der Waals surface area (Å²) in [7, 11) is -3.75. The van der Waals surface area contributed by atoms with E-state index in [9.17, 15) is 16.8 Å². The van der Waals surface area contributed by atoms with Crippen molar-refractivity contribution in [3.05, 3.63) is 59.7 Å². The summed E-state index contributed by atoms with van der Waals surface area (Å²) in [4.78, 5) is 0.633. The fraction of sp³-hybridized carbons (Fsp3) is 0.538. The molecular formula is C26H40N2O4S2. The Morgan fingerprint density at radius 2 is 1.15 bits per heavy atom. The molecule has 0 N–H and O–H groups in total. The summed E-state index contributed by atoms with van der Waals surface area (Å²) in [6.45, 7) is 6.41. The predicted octanol–water partition coefficient (Wildman–Crippen LogP) is 5.36. The van der Waals surface area contributed by atoms with Crippen LogP contribution in [0.1, 0.15) is 63.0 Å². The summed E-state index contributed by atoms with van der Waals surface area (Å²) in [5.41, 5.74) is 2.05. The van der Waals surface area contributed by atoms with E-state index in [-0.39, 0.29) is 6.04 Å². The first kappa shape index (κ1) is 28.5. The van der Waals surface area contributed by atoms with E-state index in [2.05, 4.69) is 6.92 Å². The summed E-state index contributed by atoms with van der Waals surface area (Å²) in [6, 6.07) is 13.8. The molecule has 0 amide bonds. The van der Waals surface area contributed by atoms with Gasteiger partial charge < -0.3 is 0 Å². The van der Waals surface area contributed by atoms with Crippen molar-refractivity contribution in [3.63, 3.8) is 0 Å². The molecule has 1 unspecified atom stereocenters. The molecule has 2 aromatic rings. The molecule has 190 valence electrons. The SMILES string of the molecule is CCCCC(CCCCCN(C)S(=O)(=O)c1ccc(C)cc1)N(C)S(=O)(=O)c1ccc(C)cc1. The van der Waals surface area contributed by atoms with E-state index >= 15 is 0 Å². The molecule has 34 heavy (non-hydrogen) atoms. The third-order valence-corrected chi connectivity index (χ3v) is 10.1. The van der Waals surface area contributed by atoms with Crippen LogP contribution in [0.15, 0.2) is 58.3 Å². The largest absolute Gasteiger partial charge is 0.243 e. The molecule has 2 aromatic carbocycles. The number of sulfonamides is 2. The van der Waals surface area contributed by atoms with E-state index in [0.29, 0.717) is 16.3 Å². The maximum Gasteiger partial charge on any atom is 0.243 e. The highest BCUT2D eigenvalue weighted by Crippen LogP contribution is 2.23. The first-order chi connectivity index (χ1) is 16.0. The van der Waals surface area contributed by atoms with Gasteiger partial charge in [-0.2, -0.15) is 4.31 Å². The van der Waals surface area contributed by atoms with Crippen molar-refractivity contribution in [3.8, 4) is 0 Å². The number of benzene rings is 2. The number of aryl methyl sites for hydroxylation is 2. The third kappa shape index (κ3) is 7.63. The standard InChI is InChI=1S/C26H40N2O4S2/c1-6-7-11-24(28(5)34(31,32)26-19-15-23(3)16-20-26)12-9-8-10-21-27(4)33(29,30)25-17-13-22(2)14-18-25/h13-20,24H,6-12,21H2,1-5H3. The van der Waals surface area contributed by atoms with Crippen LogP contribution in [0.4, 0.5) is 0 Å². The van der Waals surface area contributed by atoms with Crippen LogP contribution in [0.5, 0.6) is 0 Å². The normalized spacial score (nSPS) is 13.5. The van der Waals surface area contributed by atoms with Gasteiger partial charge in [-0.3, -0.25) is 0 Å². The Labute approximate surface area is 207 Å². The zero-order chi connectivity index (χ0) is 25.4. The number of hydrogen-bond acceptors (Lipinski definition) is 4. The molecule has 0 heterocycles. The Bertz CT molecular complexity index is 1100. The molecule has 0 fully saturated rings. The van der Waals surface area contributed by atoms with Gasteiger partial charge in [-0.25, -0.2) is 21.1 Å². The van der Waals surface area contributed by atoms with Crippen molar-refractivity contribution in [2.45, 2.75) is 81.5 Å². The van der Waals surface area contributed by atoms with Crippen molar-refractivity contribution in [2.24, 2.45) is 0 Å². The molecule has 0 aliphatic carbocycles. The lowest BCUT2D eigenvalue weighted by Crippen LogP contribution is -2.37. The van der Waals surface area contributed by atoms with Gasteiger partial charge in [0.2, 0.25) is 20.0 Å². The van der Waals surface area contributed by atoms with Gasteiger partial charge >= 0.3 is 0 Å². The highest BCUT2D eigenvalue weighted by atomic mass is 32.2. The van der Waals surface area contributed by atoms with Gasteiger partial charge in [-0.1, -0.05) is 68.0 Å². The van der Waals surface area contributed by atoms with Gasteiger partial charge in [-0.15, -0.1) is 0 Å². The maximum atomic E-state index is 13.1. The molecule has 0 bridgehead atoms. The molecule has 0 aliphatic heterocycles. The fourth-order valence-corrected chi connectivity index (χ4v) is 6.55. The zero-order valence-electron chi connectivity index (χ0n) is 21.2. The van der Waals surface area contributed by atoms with Crippen LogP contribution in [0.25, 0.3) is 0 Å². The van der Waals surface area contributed by atoms with Gasteiger partial charge in [0.15, 0.2) is 0 Å². The van der Waals surface area contributed by atoms with E-state index in [1.807, 2.05) is 26.0 Å². The van der Waals surface area contributed by atoms with Gasteiger partial charge in [0.25, 0.3) is 0 Å². The molecule has 8 heteroatoms. The summed E-state index contributed by atoms with van der Waals surface area (Å²) >= 11 is 0. The number of unbranched alkanes of at least 4 members (excludes halogenated alkanes) is 3. The highest BCUT2D eigenvalue weighted by molar-refractivity contribution is 7.89. The Kier molecular flexibility index (Phi) is 10.7. The zero-order valence-corrected chi connectivity index (χ0v) is 22.8. The van der Waals surface area contributed by atoms with Gasteiger partial charge in [0, 0.05) is 26.7 Å². The van der Waals surface area contributed by atoms with E-state index in [0.717, 1.165) is 56.1 Å². The number of hydrogen-bond donors (Lipinski definition) is 0. The second-order valence-corrected chi connectivity index (χ2v) is 13.2. The molecule has 0 aromatic heterocycles. The van der Waals surface area contributed by atoms with Crippen molar-refractivity contribution in [1.82, 2.24) is 8.61 Å². The van der Waals surface area contributed by atoms with Crippen LogP contribution in [-0.2, 0) is 20.0 Å². The molecule has 0 saturated heterocycles. The lowest BCUT2D eigenvalue weighted by Gasteiger charge is -2.28. The molecule has 6 nitrogen and oxygen atoms in total. The Balaban J connectivity index is 1.92. The summed E-state index contributed by atoms with van der Waals surface area (Å²) in [5, 5.41) is 0.